The summed E-state index contributed by atoms with van der Waals surface area (Å²) in [5.74, 6) is 0.889. The van der Waals surface area contributed by atoms with E-state index < -0.39 is 0 Å². The van der Waals surface area contributed by atoms with Crippen LogP contribution in [0.4, 0.5) is 0 Å². The topological polar surface area (TPSA) is 18.5 Å². The van der Waals surface area contributed by atoms with Crippen molar-refractivity contribution in [3.8, 4) is 5.75 Å². The average Bonchev–Trinajstić information content (AvgIpc) is 2.39. The molecule has 18 heavy (non-hydrogen) atoms. The van der Waals surface area contributed by atoms with Crippen molar-refractivity contribution in [2.75, 3.05) is 0 Å². The molecule has 0 radical (unpaired) electrons. The first-order valence-electron chi connectivity index (χ1n) is 6.33. The van der Waals surface area contributed by atoms with Crippen LogP contribution in [0.5, 0.6) is 5.75 Å². The minimum atomic E-state index is -0.256. The predicted octanol–water partition coefficient (Wildman–Crippen LogP) is 4.48. The summed E-state index contributed by atoms with van der Waals surface area (Å²) in [5.41, 5.74) is 0.843. The van der Waals surface area contributed by atoms with Crippen molar-refractivity contribution in [1.29, 1.82) is 0 Å². The van der Waals surface area contributed by atoms with Crippen LogP contribution >= 0.6 is 15.9 Å². The fraction of sp³-hybridized carbons (Fsp3) is 0.600. The lowest BCUT2D eigenvalue weighted by atomic mass is 9.97. The molecule has 1 saturated heterocycles. The van der Waals surface area contributed by atoms with E-state index in [0.29, 0.717) is 0 Å². The first-order valence-corrected chi connectivity index (χ1v) is 7.12. The summed E-state index contributed by atoms with van der Waals surface area (Å²) in [6, 6.07) is 6.15. The highest BCUT2D eigenvalue weighted by molar-refractivity contribution is 9.10. The van der Waals surface area contributed by atoms with Gasteiger partial charge in [-0.05, 0) is 68.2 Å². The molecule has 1 aromatic carbocycles. The van der Waals surface area contributed by atoms with Crippen LogP contribution in [-0.2, 0) is 4.74 Å². The maximum atomic E-state index is 6.14. The second-order valence-electron chi connectivity index (χ2n) is 6.21. The largest absolute Gasteiger partial charge is 0.486 e. The van der Waals surface area contributed by atoms with Crippen LogP contribution in [-0.4, -0.2) is 17.3 Å². The summed E-state index contributed by atoms with van der Waals surface area (Å²) < 4.78 is 13.2. The zero-order valence-corrected chi connectivity index (χ0v) is 13.3. The normalized spacial score (nSPS) is 25.1. The van der Waals surface area contributed by atoms with E-state index in [1.807, 2.05) is 6.07 Å². The van der Waals surface area contributed by atoms with Crippen molar-refractivity contribution in [3.63, 3.8) is 0 Å². The highest BCUT2D eigenvalue weighted by atomic mass is 79.9. The van der Waals surface area contributed by atoms with Crippen molar-refractivity contribution in [3.05, 3.63) is 28.2 Å². The second kappa shape index (κ2) is 4.53. The molecular formula is C15H21BrO2. The molecule has 1 atom stereocenters. The molecule has 100 valence electrons. The Morgan fingerprint density at radius 3 is 2.44 bits per heavy atom. The van der Waals surface area contributed by atoms with Crippen molar-refractivity contribution in [2.45, 2.75) is 58.3 Å². The summed E-state index contributed by atoms with van der Waals surface area (Å²) in [5, 5.41) is 0. The molecule has 3 heteroatoms. The average molecular weight is 313 g/mol. The summed E-state index contributed by atoms with van der Waals surface area (Å²) in [6.45, 7) is 10.5. The quantitative estimate of drug-likeness (QED) is 0.801. The molecule has 0 spiro atoms. The van der Waals surface area contributed by atoms with E-state index in [2.05, 4.69) is 62.7 Å². The van der Waals surface area contributed by atoms with Gasteiger partial charge in [0.05, 0.1) is 10.1 Å². The van der Waals surface area contributed by atoms with Gasteiger partial charge in [0.15, 0.2) is 0 Å². The first kappa shape index (κ1) is 13.9. The van der Waals surface area contributed by atoms with Gasteiger partial charge in [-0.3, -0.25) is 0 Å². The third-order valence-electron chi connectivity index (χ3n) is 3.35. The van der Waals surface area contributed by atoms with Crippen LogP contribution in [0.25, 0.3) is 0 Å². The van der Waals surface area contributed by atoms with Gasteiger partial charge in [-0.25, -0.2) is 0 Å². The van der Waals surface area contributed by atoms with Crippen molar-refractivity contribution >= 4 is 15.9 Å². The third kappa shape index (κ3) is 2.89. The number of hydrogen-bond donors (Lipinski definition) is 0. The zero-order valence-electron chi connectivity index (χ0n) is 11.7. The summed E-state index contributed by atoms with van der Waals surface area (Å²) >= 11 is 3.55. The summed E-state index contributed by atoms with van der Waals surface area (Å²) in [4.78, 5) is 0. The Bertz CT molecular complexity index is 452. The Balaban J connectivity index is 2.19. The predicted molar refractivity (Wildman–Crippen MR) is 77.2 cm³/mol. The molecule has 0 aromatic heterocycles. The zero-order chi connectivity index (χ0) is 13.6. The SMILES string of the molecule is Cc1ccc(OC2CC(C)(C)OC2(C)C)c(Br)c1. The highest BCUT2D eigenvalue weighted by Crippen LogP contribution is 2.40. The monoisotopic (exact) mass is 312 g/mol. The molecular weight excluding hydrogens is 292 g/mol. The maximum absolute atomic E-state index is 6.14. The molecule has 0 N–H and O–H groups in total. The minimum Gasteiger partial charge on any atom is -0.486 e. The molecule has 1 heterocycles. The number of rotatable bonds is 2. The van der Waals surface area contributed by atoms with Gasteiger partial charge >= 0.3 is 0 Å². The molecule has 0 bridgehead atoms. The van der Waals surface area contributed by atoms with Crippen molar-refractivity contribution < 1.29 is 9.47 Å². The maximum Gasteiger partial charge on any atom is 0.134 e. The van der Waals surface area contributed by atoms with Gasteiger partial charge in [-0.1, -0.05) is 6.07 Å². The molecule has 1 aromatic rings. The van der Waals surface area contributed by atoms with E-state index in [1.165, 1.54) is 5.56 Å². The molecule has 1 aliphatic rings. The lowest BCUT2D eigenvalue weighted by molar-refractivity contribution is -0.0846. The second-order valence-corrected chi connectivity index (χ2v) is 7.06. The molecule has 1 unspecified atom stereocenters. The number of benzene rings is 1. The molecule has 2 rings (SSSR count). The standard InChI is InChI=1S/C15H21BrO2/c1-10-6-7-12(11(16)8-10)17-13-9-14(2,3)18-15(13,4)5/h6-8,13H,9H2,1-5H3. The smallest absolute Gasteiger partial charge is 0.134 e. The van der Waals surface area contributed by atoms with Gasteiger partial charge in [0, 0.05) is 6.42 Å². The van der Waals surface area contributed by atoms with Gasteiger partial charge in [0.25, 0.3) is 0 Å². The Morgan fingerprint density at radius 2 is 1.94 bits per heavy atom. The fourth-order valence-electron chi connectivity index (χ4n) is 2.55. The van der Waals surface area contributed by atoms with Crippen molar-refractivity contribution in [2.24, 2.45) is 0 Å². The fourth-order valence-corrected chi connectivity index (χ4v) is 3.14. The lowest BCUT2D eigenvalue weighted by Crippen LogP contribution is -2.36. The van der Waals surface area contributed by atoms with Gasteiger partial charge in [-0.15, -0.1) is 0 Å². The summed E-state index contributed by atoms with van der Waals surface area (Å²) in [6.07, 6.45) is 0.979. The third-order valence-corrected chi connectivity index (χ3v) is 3.97. The van der Waals surface area contributed by atoms with E-state index in [0.717, 1.165) is 16.6 Å². The van der Waals surface area contributed by atoms with Crippen LogP contribution in [0.3, 0.4) is 0 Å². The van der Waals surface area contributed by atoms with E-state index >= 15 is 0 Å². The molecule has 0 amide bonds. The van der Waals surface area contributed by atoms with Crippen LogP contribution < -0.4 is 4.74 Å². The highest BCUT2D eigenvalue weighted by Gasteiger charge is 2.47. The minimum absolute atomic E-state index is 0.0755. The molecule has 2 nitrogen and oxygen atoms in total. The van der Waals surface area contributed by atoms with Gasteiger partial charge < -0.3 is 9.47 Å². The molecule has 0 aliphatic carbocycles. The van der Waals surface area contributed by atoms with Gasteiger partial charge in [-0.2, -0.15) is 0 Å². The van der Waals surface area contributed by atoms with E-state index in [-0.39, 0.29) is 17.3 Å². The van der Waals surface area contributed by atoms with Crippen LogP contribution in [0.15, 0.2) is 22.7 Å². The Morgan fingerprint density at radius 1 is 1.28 bits per heavy atom. The van der Waals surface area contributed by atoms with Crippen molar-refractivity contribution in [1.82, 2.24) is 0 Å². The van der Waals surface area contributed by atoms with Gasteiger partial charge in [0.2, 0.25) is 0 Å². The van der Waals surface area contributed by atoms with Crippen LogP contribution in [0.2, 0.25) is 0 Å². The Hall–Kier alpha value is -0.540. The molecule has 0 saturated carbocycles. The first-order chi connectivity index (χ1) is 8.20. The van der Waals surface area contributed by atoms with E-state index in [1.54, 1.807) is 0 Å². The Kier molecular flexibility index (Phi) is 3.50. The van der Waals surface area contributed by atoms with E-state index in [4.69, 9.17) is 9.47 Å². The lowest BCUT2D eigenvalue weighted by Gasteiger charge is -2.27. The van der Waals surface area contributed by atoms with Crippen LogP contribution in [0.1, 0.15) is 39.7 Å². The molecule has 1 aliphatic heterocycles. The number of ether oxygens (including phenoxy) is 2. The number of aryl methyl sites for hydroxylation is 1. The number of halogens is 1. The molecule has 1 fully saturated rings. The Labute approximate surface area is 118 Å². The van der Waals surface area contributed by atoms with Gasteiger partial charge in [0.1, 0.15) is 17.5 Å². The van der Waals surface area contributed by atoms with Crippen LogP contribution in [0, 0.1) is 6.92 Å². The summed E-state index contributed by atoms with van der Waals surface area (Å²) in [7, 11) is 0. The number of hydrogen-bond acceptors (Lipinski definition) is 2. The van der Waals surface area contributed by atoms with E-state index in [9.17, 15) is 0 Å².